The predicted octanol–water partition coefficient (Wildman–Crippen LogP) is 2.73. The van der Waals surface area contributed by atoms with E-state index in [-0.39, 0.29) is 5.76 Å². The molecule has 1 N–H and O–H groups in total. The molecular formula is C7H7BrF2O2. The van der Waals surface area contributed by atoms with Crippen LogP contribution >= 0.6 is 15.9 Å². The quantitative estimate of drug-likeness (QED) is 0.863. The van der Waals surface area contributed by atoms with Gasteiger partial charge in [0.1, 0.15) is 0 Å². The van der Waals surface area contributed by atoms with Gasteiger partial charge in [0.2, 0.25) is 0 Å². The Bertz CT molecular complexity index is 267. The van der Waals surface area contributed by atoms with Gasteiger partial charge in [-0.05, 0) is 22.0 Å². The number of aliphatic hydroxyl groups excluding tert-OH is 1. The van der Waals surface area contributed by atoms with Crippen LogP contribution in [0.25, 0.3) is 0 Å². The SMILES string of the molecule is CC(F)(F)C(O)c1occc1Br. The lowest BCUT2D eigenvalue weighted by Crippen LogP contribution is -2.21. The minimum atomic E-state index is -3.19. The molecule has 0 amide bonds. The standard InChI is InChI=1S/C7H7BrF2O2/c1-7(9,10)6(11)5-4(8)2-3-12-5/h2-3,6,11H,1H3. The highest BCUT2D eigenvalue weighted by atomic mass is 79.9. The van der Waals surface area contributed by atoms with Crippen LogP contribution in [0.2, 0.25) is 0 Å². The molecule has 2 nitrogen and oxygen atoms in total. The van der Waals surface area contributed by atoms with E-state index in [0.29, 0.717) is 11.4 Å². The van der Waals surface area contributed by atoms with Gasteiger partial charge in [0, 0.05) is 6.92 Å². The van der Waals surface area contributed by atoms with E-state index in [0.717, 1.165) is 0 Å². The first-order valence-corrected chi connectivity index (χ1v) is 4.01. The second-order valence-corrected chi connectivity index (χ2v) is 3.35. The molecule has 0 bridgehead atoms. The molecule has 0 spiro atoms. The number of aliphatic hydroxyl groups is 1. The van der Waals surface area contributed by atoms with Crippen LogP contribution in [0, 0.1) is 0 Å². The third kappa shape index (κ3) is 1.84. The first kappa shape index (κ1) is 9.67. The second-order valence-electron chi connectivity index (χ2n) is 2.49. The summed E-state index contributed by atoms with van der Waals surface area (Å²) in [5.41, 5.74) is 0. The second kappa shape index (κ2) is 3.14. The van der Waals surface area contributed by atoms with Crippen LogP contribution in [0.3, 0.4) is 0 Å². The highest BCUT2D eigenvalue weighted by molar-refractivity contribution is 9.10. The molecule has 0 aromatic carbocycles. The zero-order chi connectivity index (χ0) is 9.35. The van der Waals surface area contributed by atoms with Crippen LogP contribution in [0.15, 0.2) is 21.2 Å². The minimum Gasteiger partial charge on any atom is -0.465 e. The summed E-state index contributed by atoms with van der Waals surface area (Å²) in [5, 5.41) is 9.05. The van der Waals surface area contributed by atoms with Gasteiger partial charge in [-0.3, -0.25) is 0 Å². The number of halogens is 3. The van der Waals surface area contributed by atoms with Gasteiger partial charge in [-0.25, -0.2) is 8.78 Å². The lowest BCUT2D eigenvalue weighted by molar-refractivity contribution is -0.104. The molecule has 0 aliphatic carbocycles. The molecular weight excluding hydrogens is 234 g/mol. The van der Waals surface area contributed by atoms with E-state index in [1.165, 1.54) is 12.3 Å². The molecule has 0 aliphatic rings. The summed E-state index contributed by atoms with van der Waals surface area (Å²) < 4.78 is 30.1. The first-order chi connectivity index (χ1) is 5.43. The molecule has 5 heteroatoms. The van der Waals surface area contributed by atoms with Gasteiger partial charge in [0.05, 0.1) is 10.7 Å². The van der Waals surface area contributed by atoms with E-state index in [2.05, 4.69) is 20.3 Å². The Morgan fingerprint density at radius 1 is 1.67 bits per heavy atom. The number of hydrogen-bond acceptors (Lipinski definition) is 2. The zero-order valence-corrected chi connectivity index (χ0v) is 7.81. The monoisotopic (exact) mass is 240 g/mol. The van der Waals surface area contributed by atoms with Gasteiger partial charge in [-0.1, -0.05) is 0 Å². The maximum absolute atomic E-state index is 12.5. The fourth-order valence-electron chi connectivity index (χ4n) is 0.731. The van der Waals surface area contributed by atoms with Crippen molar-refractivity contribution < 1.29 is 18.3 Å². The molecule has 0 aliphatic heterocycles. The van der Waals surface area contributed by atoms with E-state index >= 15 is 0 Å². The molecule has 1 aromatic rings. The number of alkyl halides is 2. The largest absolute Gasteiger partial charge is 0.465 e. The summed E-state index contributed by atoms with van der Waals surface area (Å²) >= 11 is 2.97. The normalized spacial score (nSPS) is 14.8. The van der Waals surface area contributed by atoms with Crippen LogP contribution in [0.5, 0.6) is 0 Å². The summed E-state index contributed by atoms with van der Waals surface area (Å²) in [6.07, 6.45) is -0.671. The Morgan fingerprint density at radius 3 is 2.58 bits per heavy atom. The Hall–Kier alpha value is -0.420. The van der Waals surface area contributed by atoms with Gasteiger partial charge in [0.15, 0.2) is 11.9 Å². The van der Waals surface area contributed by atoms with E-state index in [4.69, 9.17) is 5.11 Å². The van der Waals surface area contributed by atoms with Gasteiger partial charge in [0.25, 0.3) is 5.92 Å². The summed E-state index contributed by atoms with van der Waals surface area (Å²) in [6.45, 7) is 0.632. The first-order valence-electron chi connectivity index (χ1n) is 3.21. The van der Waals surface area contributed by atoms with Crippen LogP contribution in [-0.4, -0.2) is 11.0 Å². The molecule has 0 saturated heterocycles. The fourth-order valence-corrected chi connectivity index (χ4v) is 1.15. The van der Waals surface area contributed by atoms with Crippen LogP contribution < -0.4 is 0 Å². The zero-order valence-electron chi connectivity index (χ0n) is 6.22. The number of hydrogen-bond donors (Lipinski definition) is 1. The van der Waals surface area contributed by atoms with E-state index < -0.39 is 12.0 Å². The van der Waals surface area contributed by atoms with E-state index in [1.807, 2.05) is 0 Å². The van der Waals surface area contributed by atoms with Crippen molar-refractivity contribution in [3.63, 3.8) is 0 Å². The lowest BCUT2D eigenvalue weighted by Gasteiger charge is -2.15. The highest BCUT2D eigenvalue weighted by Gasteiger charge is 2.37. The summed E-state index contributed by atoms with van der Waals surface area (Å²) in [4.78, 5) is 0. The van der Waals surface area contributed by atoms with E-state index in [9.17, 15) is 8.78 Å². The van der Waals surface area contributed by atoms with Crippen LogP contribution in [-0.2, 0) is 0 Å². The Kier molecular flexibility index (Phi) is 2.53. The van der Waals surface area contributed by atoms with Crippen molar-refractivity contribution in [1.29, 1.82) is 0 Å². The molecule has 0 fully saturated rings. The number of furan rings is 1. The third-order valence-electron chi connectivity index (χ3n) is 1.37. The molecule has 1 atom stereocenters. The summed E-state index contributed by atoms with van der Waals surface area (Å²) in [7, 11) is 0. The van der Waals surface area contributed by atoms with Crippen LogP contribution in [0.4, 0.5) is 8.78 Å². The third-order valence-corrected chi connectivity index (χ3v) is 2.03. The molecule has 68 valence electrons. The van der Waals surface area contributed by atoms with Crippen molar-refractivity contribution >= 4 is 15.9 Å². The van der Waals surface area contributed by atoms with Crippen LogP contribution in [0.1, 0.15) is 18.8 Å². The minimum absolute atomic E-state index is 0.150. The Balaban J connectivity index is 2.92. The van der Waals surface area contributed by atoms with Gasteiger partial charge in [-0.2, -0.15) is 0 Å². The maximum atomic E-state index is 12.5. The van der Waals surface area contributed by atoms with Crippen molar-refractivity contribution in [2.24, 2.45) is 0 Å². The average Bonchev–Trinajstić information content (AvgIpc) is 2.31. The Labute approximate surface area is 76.3 Å². The molecule has 0 saturated carbocycles. The summed E-state index contributed by atoms with van der Waals surface area (Å²) in [6, 6.07) is 1.45. The molecule has 12 heavy (non-hydrogen) atoms. The van der Waals surface area contributed by atoms with Crippen molar-refractivity contribution in [2.75, 3.05) is 0 Å². The van der Waals surface area contributed by atoms with Gasteiger partial charge >= 0.3 is 0 Å². The predicted molar refractivity (Wildman–Crippen MR) is 42.0 cm³/mol. The smallest absolute Gasteiger partial charge is 0.277 e. The molecule has 1 unspecified atom stereocenters. The van der Waals surface area contributed by atoms with Crippen molar-refractivity contribution in [3.05, 3.63) is 22.6 Å². The topological polar surface area (TPSA) is 33.4 Å². The summed E-state index contributed by atoms with van der Waals surface area (Å²) in [5.74, 6) is -3.34. The fraction of sp³-hybridized carbons (Fsp3) is 0.429. The highest BCUT2D eigenvalue weighted by Crippen LogP contribution is 2.34. The molecule has 1 aromatic heterocycles. The average molecular weight is 241 g/mol. The van der Waals surface area contributed by atoms with Crippen molar-refractivity contribution in [1.82, 2.24) is 0 Å². The van der Waals surface area contributed by atoms with Crippen molar-refractivity contribution in [3.8, 4) is 0 Å². The molecule has 1 rings (SSSR count). The molecule has 1 heterocycles. The van der Waals surface area contributed by atoms with E-state index in [1.54, 1.807) is 0 Å². The molecule has 0 radical (unpaired) electrons. The van der Waals surface area contributed by atoms with Gasteiger partial charge in [-0.15, -0.1) is 0 Å². The number of rotatable bonds is 2. The Morgan fingerprint density at radius 2 is 2.25 bits per heavy atom. The lowest BCUT2D eigenvalue weighted by atomic mass is 10.2. The maximum Gasteiger partial charge on any atom is 0.277 e. The van der Waals surface area contributed by atoms with Crippen molar-refractivity contribution in [2.45, 2.75) is 19.0 Å². The van der Waals surface area contributed by atoms with Gasteiger partial charge < -0.3 is 9.52 Å².